The molecule has 0 saturated heterocycles. The van der Waals surface area contributed by atoms with E-state index in [1.165, 1.54) is 4.90 Å². The Balaban J connectivity index is 1.60. The van der Waals surface area contributed by atoms with Crippen LogP contribution in [0.3, 0.4) is 0 Å². The van der Waals surface area contributed by atoms with Gasteiger partial charge in [-0.15, -0.1) is 10.2 Å². The molecule has 170 valence electrons. The monoisotopic (exact) mass is 475 g/mol. The molecule has 1 aromatic heterocycles. The third-order valence-electron chi connectivity index (χ3n) is 4.85. The second-order valence-electron chi connectivity index (χ2n) is 7.48. The lowest BCUT2D eigenvalue weighted by molar-refractivity contribution is -0.129. The molecule has 0 saturated carbocycles. The van der Waals surface area contributed by atoms with Crippen molar-refractivity contribution in [2.24, 2.45) is 0 Å². The Kier molecular flexibility index (Phi) is 8.41. The maximum Gasteiger partial charge on any atom is 0.249 e. The third-order valence-corrected chi connectivity index (χ3v) is 6.78. The van der Waals surface area contributed by atoms with Gasteiger partial charge < -0.3 is 9.32 Å². The number of hydrogen-bond donors (Lipinski definition) is 0. The molecule has 0 atom stereocenters. The number of nitrogens with zero attached hydrogens (tertiary/aromatic N) is 3. The minimum Gasteiger partial charge on any atom is -0.419 e. The van der Waals surface area contributed by atoms with E-state index in [2.05, 4.69) is 10.2 Å². The van der Waals surface area contributed by atoms with Crippen LogP contribution in [0, 0.1) is 0 Å². The summed E-state index contributed by atoms with van der Waals surface area (Å²) in [7, 11) is -3.53. The molecule has 9 heteroatoms. The van der Waals surface area contributed by atoms with Crippen molar-refractivity contribution in [1.82, 2.24) is 15.1 Å². The summed E-state index contributed by atoms with van der Waals surface area (Å²) in [6, 6.07) is 16.8. The van der Waals surface area contributed by atoms with Crippen LogP contribution in [0.15, 0.2) is 59.0 Å². The zero-order valence-corrected chi connectivity index (χ0v) is 19.5. The largest absolute Gasteiger partial charge is 0.419 e. The van der Waals surface area contributed by atoms with E-state index in [0.717, 1.165) is 5.56 Å². The first-order valence-electron chi connectivity index (χ1n) is 10.5. The van der Waals surface area contributed by atoms with Gasteiger partial charge in [-0.05, 0) is 37.0 Å². The van der Waals surface area contributed by atoms with Gasteiger partial charge in [-0.25, -0.2) is 8.42 Å². The summed E-state index contributed by atoms with van der Waals surface area (Å²) in [4.78, 5) is 14.2. The van der Waals surface area contributed by atoms with Crippen LogP contribution in [0.5, 0.6) is 0 Å². The van der Waals surface area contributed by atoms with E-state index in [4.69, 9.17) is 16.0 Å². The van der Waals surface area contributed by atoms with Gasteiger partial charge in [0, 0.05) is 6.54 Å². The van der Waals surface area contributed by atoms with Crippen LogP contribution in [0.2, 0.25) is 5.02 Å². The Morgan fingerprint density at radius 1 is 1.06 bits per heavy atom. The van der Waals surface area contributed by atoms with Crippen LogP contribution in [0.4, 0.5) is 0 Å². The first kappa shape index (κ1) is 23.9. The number of benzene rings is 2. The third kappa shape index (κ3) is 6.90. The van der Waals surface area contributed by atoms with Crippen LogP contribution in [0.1, 0.15) is 31.2 Å². The average Bonchev–Trinajstić information content (AvgIpc) is 3.22. The predicted octanol–water partition coefficient (Wildman–Crippen LogP) is 4.18. The number of aromatic nitrogens is 2. The topological polar surface area (TPSA) is 93.4 Å². The number of hydrogen-bond acceptors (Lipinski definition) is 6. The van der Waals surface area contributed by atoms with Crippen molar-refractivity contribution in [2.45, 2.75) is 32.7 Å². The SMILES string of the molecule is CCCN(Cc1nnc(-c2ccccc2Cl)o1)C(=O)CS(=O)(=O)CCCc1ccccc1. The fourth-order valence-corrected chi connectivity index (χ4v) is 4.78. The molecule has 1 heterocycles. The van der Waals surface area contributed by atoms with Gasteiger partial charge in [0.1, 0.15) is 5.75 Å². The molecule has 0 aliphatic rings. The Morgan fingerprint density at radius 2 is 1.78 bits per heavy atom. The van der Waals surface area contributed by atoms with Crippen molar-refractivity contribution in [1.29, 1.82) is 0 Å². The zero-order chi connectivity index (χ0) is 23.0. The smallest absolute Gasteiger partial charge is 0.249 e. The minimum absolute atomic E-state index is 0.0369. The van der Waals surface area contributed by atoms with Crippen molar-refractivity contribution < 1.29 is 17.6 Å². The molecule has 0 spiro atoms. The summed E-state index contributed by atoms with van der Waals surface area (Å²) in [5.41, 5.74) is 1.68. The van der Waals surface area contributed by atoms with Gasteiger partial charge in [-0.3, -0.25) is 4.79 Å². The number of rotatable bonds is 11. The maximum absolute atomic E-state index is 12.8. The minimum atomic E-state index is -3.53. The quantitative estimate of drug-likeness (QED) is 0.413. The highest BCUT2D eigenvalue weighted by molar-refractivity contribution is 7.92. The second-order valence-corrected chi connectivity index (χ2v) is 10.1. The van der Waals surface area contributed by atoms with Gasteiger partial charge in [0.05, 0.1) is 22.9 Å². The molecule has 32 heavy (non-hydrogen) atoms. The van der Waals surface area contributed by atoms with Gasteiger partial charge >= 0.3 is 0 Å². The Labute approximate surface area is 193 Å². The molecule has 7 nitrogen and oxygen atoms in total. The molecule has 0 radical (unpaired) electrons. The molecular formula is C23H26ClN3O4S. The van der Waals surface area contributed by atoms with E-state index in [-0.39, 0.29) is 24.1 Å². The summed E-state index contributed by atoms with van der Waals surface area (Å²) < 4.78 is 30.7. The van der Waals surface area contributed by atoms with Crippen molar-refractivity contribution >= 4 is 27.3 Å². The molecule has 2 aromatic carbocycles. The lowest BCUT2D eigenvalue weighted by Crippen LogP contribution is -2.36. The summed E-state index contributed by atoms with van der Waals surface area (Å²) in [6.45, 7) is 2.35. The molecule has 0 fully saturated rings. The Hall–Kier alpha value is -2.71. The summed E-state index contributed by atoms with van der Waals surface area (Å²) >= 11 is 6.17. The Bertz CT molecular complexity index is 1130. The van der Waals surface area contributed by atoms with Crippen molar-refractivity contribution in [3.05, 3.63) is 71.1 Å². The second kappa shape index (κ2) is 11.2. The molecule has 0 bridgehead atoms. The molecule has 1 amide bonds. The molecule has 0 aliphatic carbocycles. The van der Waals surface area contributed by atoms with E-state index >= 15 is 0 Å². The normalized spacial score (nSPS) is 11.4. The van der Waals surface area contributed by atoms with Gasteiger partial charge in [0.2, 0.25) is 17.7 Å². The highest BCUT2D eigenvalue weighted by Gasteiger charge is 2.23. The van der Waals surface area contributed by atoms with Crippen molar-refractivity contribution in [2.75, 3.05) is 18.1 Å². The molecule has 3 aromatic rings. The van der Waals surface area contributed by atoms with E-state index in [0.29, 0.717) is 36.4 Å². The molecule has 3 rings (SSSR count). The number of halogens is 1. The summed E-state index contributed by atoms with van der Waals surface area (Å²) in [5.74, 6) is -0.562. The number of carbonyl (C=O) groups is 1. The standard InChI is InChI=1S/C23H26ClN3O4S/c1-2-14-27(16-21-25-26-23(31-21)19-12-6-7-13-20(19)24)22(28)17-32(29,30)15-8-11-18-9-4-3-5-10-18/h3-7,9-10,12-13H,2,8,11,14-17H2,1H3. The van der Waals surface area contributed by atoms with Gasteiger partial charge in [-0.1, -0.05) is 61.0 Å². The molecule has 0 N–H and O–H groups in total. The summed E-state index contributed by atoms with van der Waals surface area (Å²) in [5, 5.41) is 8.48. The van der Waals surface area contributed by atoms with Gasteiger partial charge in [-0.2, -0.15) is 0 Å². The van der Waals surface area contributed by atoms with E-state index < -0.39 is 21.5 Å². The lowest BCUT2D eigenvalue weighted by Gasteiger charge is -2.20. The van der Waals surface area contributed by atoms with Crippen LogP contribution in [-0.2, 0) is 27.6 Å². The van der Waals surface area contributed by atoms with Crippen LogP contribution >= 0.6 is 11.6 Å². The zero-order valence-electron chi connectivity index (χ0n) is 17.9. The van der Waals surface area contributed by atoms with Gasteiger partial charge in [0.25, 0.3) is 0 Å². The lowest BCUT2D eigenvalue weighted by atomic mass is 10.1. The molecule has 0 unspecified atom stereocenters. The van der Waals surface area contributed by atoms with Crippen LogP contribution < -0.4 is 0 Å². The molecular weight excluding hydrogens is 450 g/mol. The summed E-state index contributed by atoms with van der Waals surface area (Å²) in [6.07, 6.45) is 1.79. The number of amides is 1. The van der Waals surface area contributed by atoms with E-state index in [9.17, 15) is 13.2 Å². The fourth-order valence-electron chi connectivity index (χ4n) is 3.28. The van der Waals surface area contributed by atoms with Gasteiger partial charge in [0.15, 0.2) is 9.84 Å². The van der Waals surface area contributed by atoms with Crippen molar-refractivity contribution in [3.8, 4) is 11.5 Å². The number of aryl methyl sites for hydroxylation is 1. The maximum atomic E-state index is 12.8. The first-order valence-corrected chi connectivity index (χ1v) is 12.7. The van der Waals surface area contributed by atoms with Crippen LogP contribution in [0.25, 0.3) is 11.5 Å². The fraction of sp³-hybridized carbons (Fsp3) is 0.348. The van der Waals surface area contributed by atoms with Crippen LogP contribution in [-0.4, -0.2) is 47.5 Å². The predicted molar refractivity (Wildman–Crippen MR) is 124 cm³/mol. The highest BCUT2D eigenvalue weighted by atomic mass is 35.5. The average molecular weight is 476 g/mol. The molecule has 0 aliphatic heterocycles. The van der Waals surface area contributed by atoms with E-state index in [1.807, 2.05) is 37.3 Å². The Morgan fingerprint density at radius 3 is 2.50 bits per heavy atom. The number of carbonyl (C=O) groups excluding carboxylic acids is 1. The highest BCUT2D eigenvalue weighted by Crippen LogP contribution is 2.26. The van der Waals surface area contributed by atoms with Crippen molar-refractivity contribution in [3.63, 3.8) is 0 Å². The van der Waals surface area contributed by atoms with E-state index in [1.54, 1.807) is 24.3 Å². The first-order chi connectivity index (χ1) is 15.4. The number of sulfone groups is 1.